The summed E-state index contributed by atoms with van der Waals surface area (Å²) in [5.41, 5.74) is 2.53. The summed E-state index contributed by atoms with van der Waals surface area (Å²) in [6.45, 7) is 4.19. The van der Waals surface area contributed by atoms with E-state index in [0.29, 0.717) is 6.42 Å². The van der Waals surface area contributed by atoms with Gasteiger partial charge >= 0.3 is 0 Å². The van der Waals surface area contributed by atoms with E-state index < -0.39 is 0 Å². The number of thiophene rings is 1. The predicted molar refractivity (Wildman–Crippen MR) is 69.0 cm³/mol. The molecule has 0 aromatic carbocycles. The van der Waals surface area contributed by atoms with Gasteiger partial charge in [-0.15, -0.1) is 11.3 Å². The number of carbonyl (C=O) groups excluding carboxylic acids is 1. The third-order valence-corrected chi connectivity index (χ3v) is 3.33. The highest BCUT2D eigenvalue weighted by molar-refractivity contribution is 7.13. The molecule has 1 N–H and O–H groups in total. The van der Waals surface area contributed by atoms with Gasteiger partial charge < -0.3 is 0 Å². The molecule has 1 aromatic rings. The molecule has 1 rings (SSSR count). The second kappa shape index (κ2) is 7.17. The summed E-state index contributed by atoms with van der Waals surface area (Å²) in [6, 6.07) is 4.11. The topological polar surface area (TPSA) is 41.5 Å². The van der Waals surface area contributed by atoms with E-state index in [1.54, 1.807) is 17.6 Å². The number of unbranched alkanes of at least 4 members (excludes halogenated alkanes) is 1. The van der Waals surface area contributed by atoms with Gasteiger partial charge in [0.2, 0.25) is 5.91 Å². The van der Waals surface area contributed by atoms with Gasteiger partial charge in [-0.2, -0.15) is 5.10 Å². The lowest BCUT2D eigenvalue weighted by atomic mass is 10.2. The first kappa shape index (κ1) is 12.9. The fourth-order valence-electron chi connectivity index (χ4n) is 1.22. The van der Waals surface area contributed by atoms with Crippen molar-refractivity contribution in [1.82, 2.24) is 5.43 Å². The summed E-state index contributed by atoms with van der Waals surface area (Å²) in [4.78, 5) is 13.6. The maximum absolute atomic E-state index is 11.2. The van der Waals surface area contributed by atoms with Gasteiger partial charge in [-0.1, -0.05) is 20.3 Å². The second-order valence-electron chi connectivity index (χ2n) is 3.55. The number of hydrogen-bond acceptors (Lipinski definition) is 3. The number of amides is 1. The molecule has 0 aliphatic carbocycles. The van der Waals surface area contributed by atoms with E-state index in [1.165, 1.54) is 4.88 Å². The van der Waals surface area contributed by atoms with Crippen molar-refractivity contribution < 1.29 is 4.79 Å². The van der Waals surface area contributed by atoms with Gasteiger partial charge in [0, 0.05) is 16.2 Å². The number of hydrazone groups is 1. The second-order valence-corrected chi connectivity index (χ2v) is 4.75. The van der Waals surface area contributed by atoms with Gasteiger partial charge in [0.25, 0.3) is 0 Å². The molecule has 0 saturated carbocycles. The Bertz CT molecular complexity index is 358. The molecule has 0 bridgehead atoms. The molecule has 0 atom stereocenters. The molecule has 0 saturated heterocycles. The summed E-state index contributed by atoms with van der Waals surface area (Å²) in [5, 5.41) is 3.93. The van der Waals surface area contributed by atoms with Crippen molar-refractivity contribution in [2.75, 3.05) is 0 Å². The van der Waals surface area contributed by atoms with Crippen LogP contribution in [0.2, 0.25) is 0 Å². The summed E-state index contributed by atoms with van der Waals surface area (Å²) >= 11 is 1.70. The van der Waals surface area contributed by atoms with Crippen LogP contribution in [0.5, 0.6) is 0 Å². The van der Waals surface area contributed by atoms with E-state index in [9.17, 15) is 4.79 Å². The first-order valence-corrected chi connectivity index (χ1v) is 6.48. The third-order valence-electron chi connectivity index (χ3n) is 2.17. The molecule has 1 aromatic heterocycles. The van der Waals surface area contributed by atoms with Gasteiger partial charge in [-0.05, 0) is 25.0 Å². The Morgan fingerprint density at radius 3 is 2.94 bits per heavy atom. The van der Waals surface area contributed by atoms with Crippen molar-refractivity contribution in [2.24, 2.45) is 5.10 Å². The Morgan fingerprint density at radius 1 is 1.50 bits per heavy atom. The predicted octanol–water partition coefficient (Wildman–Crippen LogP) is 2.95. The minimum absolute atomic E-state index is 0.00892. The highest BCUT2D eigenvalue weighted by Crippen LogP contribution is 2.14. The zero-order valence-corrected chi connectivity index (χ0v) is 10.6. The van der Waals surface area contributed by atoms with Crippen LogP contribution in [-0.2, 0) is 11.2 Å². The molecule has 4 heteroatoms. The number of nitrogens with zero attached hydrogens (tertiary/aromatic N) is 1. The van der Waals surface area contributed by atoms with Gasteiger partial charge in [-0.3, -0.25) is 4.79 Å². The van der Waals surface area contributed by atoms with Crippen LogP contribution >= 0.6 is 11.3 Å². The monoisotopic (exact) mass is 238 g/mol. The molecule has 0 aliphatic heterocycles. The summed E-state index contributed by atoms with van der Waals surface area (Å²) in [5.74, 6) is -0.00892. The van der Waals surface area contributed by atoms with E-state index in [4.69, 9.17) is 0 Å². The smallest absolute Gasteiger partial charge is 0.240 e. The van der Waals surface area contributed by atoms with Crippen molar-refractivity contribution in [3.63, 3.8) is 0 Å². The van der Waals surface area contributed by atoms with E-state index in [0.717, 1.165) is 24.1 Å². The number of nitrogens with one attached hydrogen (secondary N) is 1. The zero-order chi connectivity index (χ0) is 11.8. The van der Waals surface area contributed by atoms with Crippen molar-refractivity contribution in [3.05, 3.63) is 21.9 Å². The Kier molecular flexibility index (Phi) is 5.78. The SMILES string of the molecule is CCCCC(=O)N/N=C/c1ccc(CC)s1. The minimum Gasteiger partial charge on any atom is -0.273 e. The number of hydrogen-bond donors (Lipinski definition) is 1. The van der Waals surface area contributed by atoms with Crippen LogP contribution in [0.1, 0.15) is 42.9 Å². The Labute approximate surface area is 101 Å². The molecule has 0 spiro atoms. The van der Waals surface area contributed by atoms with Gasteiger partial charge in [-0.25, -0.2) is 5.43 Å². The van der Waals surface area contributed by atoms with Crippen LogP contribution in [0.4, 0.5) is 0 Å². The summed E-state index contributed by atoms with van der Waals surface area (Å²) in [7, 11) is 0. The van der Waals surface area contributed by atoms with Crippen LogP contribution in [0.15, 0.2) is 17.2 Å². The molecule has 0 unspecified atom stereocenters. The molecular formula is C12H18N2OS. The maximum atomic E-state index is 11.2. The Morgan fingerprint density at radius 2 is 2.31 bits per heavy atom. The van der Waals surface area contributed by atoms with Crippen LogP contribution in [0.25, 0.3) is 0 Å². The molecule has 88 valence electrons. The minimum atomic E-state index is -0.00892. The molecule has 3 nitrogen and oxygen atoms in total. The first-order chi connectivity index (χ1) is 7.76. The third kappa shape index (κ3) is 4.57. The fourth-order valence-corrected chi connectivity index (χ4v) is 2.04. The van der Waals surface area contributed by atoms with Crippen LogP contribution < -0.4 is 5.43 Å². The van der Waals surface area contributed by atoms with Gasteiger partial charge in [0.1, 0.15) is 0 Å². The molecule has 16 heavy (non-hydrogen) atoms. The lowest BCUT2D eigenvalue weighted by Crippen LogP contribution is -2.16. The lowest BCUT2D eigenvalue weighted by Gasteiger charge is -1.96. The van der Waals surface area contributed by atoms with Crippen molar-refractivity contribution >= 4 is 23.5 Å². The van der Waals surface area contributed by atoms with Gasteiger partial charge in [0.05, 0.1) is 6.21 Å². The number of carbonyl (C=O) groups is 1. The van der Waals surface area contributed by atoms with Crippen LogP contribution in [-0.4, -0.2) is 12.1 Å². The quantitative estimate of drug-likeness (QED) is 0.601. The van der Waals surface area contributed by atoms with Crippen molar-refractivity contribution in [1.29, 1.82) is 0 Å². The molecule has 1 amide bonds. The zero-order valence-electron chi connectivity index (χ0n) is 9.82. The largest absolute Gasteiger partial charge is 0.273 e. The van der Waals surface area contributed by atoms with Crippen molar-refractivity contribution in [2.45, 2.75) is 39.5 Å². The molecule has 1 heterocycles. The highest BCUT2D eigenvalue weighted by Gasteiger charge is 1.98. The standard InChI is InChI=1S/C12H18N2OS/c1-3-5-6-12(15)14-13-9-11-8-7-10(4-2)16-11/h7-9H,3-6H2,1-2H3,(H,14,15)/b13-9+. The maximum Gasteiger partial charge on any atom is 0.240 e. The Hall–Kier alpha value is -1.16. The van der Waals surface area contributed by atoms with Crippen LogP contribution in [0.3, 0.4) is 0 Å². The highest BCUT2D eigenvalue weighted by atomic mass is 32.1. The van der Waals surface area contributed by atoms with E-state index in [2.05, 4.69) is 30.4 Å². The van der Waals surface area contributed by atoms with E-state index in [-0.39, 0.29) is 5.91 Å². The normalized spacial score (nSPS) is 10.9. The molecule has 0 fully saturated rings. The molecular weight excluding hydrogens is 220 g/mol. The number of aryl methyl sites for hydroxylation is 1. The van der Waals surface area contributed by atoms with E-state index in [1.807, 2.05) is 6.07 Å². The summed E-state index contributed by atoms with van der Waals surface area (Å²) in [6.07, 6.45) is 5.25. The average molecular weight is 238 g/mol. The van der Waals surface area contributed by atoms with Gasteiger partial charge in [0.15, 0.2) is 0 Å². The molecule has 0 radical (unpaired) electrons. The molecule has 0 aliphatic rings. The van der Waals surface area contributed by atoms with E-state index >= 15 is 0 Å². The Balaban J connectivity index is 2.33. The lowest BCUT2D eigenvalue weighted by molar-refractivity contribution is -0.121. The van der Waals surface area contributed by atoms with Crippen LogP contribution in [0, 0.1) is 0 Å². The number of rotatable bonds is 6. The fraction of sp³-hybridized carbons (Fsp3) is 0.500. The van der Waals surface area contributed by atoms with Crippen molar-refractivity contribution in [3.8, 4) is 0 Å². The average Bonchev–Trinajstić information content (AvgIpc) is 2.74. The summed E-state index contributed by atoms with van der Waals surface area (Å²) < 4.78 is 0. The first-order valence-electron chi connectivity index (χ1n) is 5.66.